The molecular weight excluding hydrogens is 316 g/mol. The Hall–Kier alpha value is -1.10. The molecule has 0 spiro atoms. The zero-order chi connectivity index (χ0) is 17.6. The van der Waals surface area contributed by atoms with Crippen molar-refractivity contribution in [2.24, 2.45) is 23.2 Å². The molecule has 4 aliphatic carbocycles. The second kappa shape index (κ2) is 6.57. The van der Waals surface area contributed by atoms with E-state index in [0.717, 1.165) is 37.0 Å². The van der Waals surface area contributed by atoms with Gasteiger partial charge < -0.3 is 15.0 Å². The molecule has 2 atom stereocenters. The summed E-state index contributed by atoms with van der Waals surface area (Å²) in [5.41, 5.74) is -0.111. The molecule has 5 fully saturated rings. The monoisotopic (exact) mass is 348 g/mol. The molecule has 0 aromatic heterocycles. The Morgan fingerprint density at radius 2 is 1.52 bits per heavy atom. The van der Waals surface area contributed by atoms with E-state index in [2.05, 4.69) is 5.32 Å². The van der Waals surface area contributed by atoms with E-state index < -0.39 is 0 Å². The van der Waals surface area contributed by atoms with Crippen molar-refractivity contribution in [3.8, 4) is 0 Å². The number of hydrogen-bond donors (Lipinski definition) is 1. The molecule has 5 heteroatoms. The zero-order valence-corrected chi connectivity index (χ0v) is 15.6. The molecule has 4 bridgehead atoms. The van der Waals surface area contributed by atoms with Crippen LogP contribution in [0, 0.1) is 23.2 Å². The third-order valence-electron chi connectivity index (χ3n) is 6.92. The summed E-state index contributed by atoms with van der Waals surface area (Å²) in [6, 6.07) is 0. The van der Waals surface area contributed by atoms with Gasteiger partial charge in [-0.3, -0.25) is 9.59 Å². The van der Waals surface area contributed by atoms with Gasteiger partial charge in [-0.1, -0.05) is 0 Å². The van der Waals surface area contributed by atoms with Gasteiger partial charge in [0.2, 0.25) is 11.8 Å². The number of morpholine rings is 1. The molecule has 0 aromatic rings. The second-order valence-corrected chi connectivity index (χ2v) is 9.26. The van der Waals surface area contributed by atoms with Gasteiger partial charge >= 0.3 is 0 Å². The SMILES string of the molecule is C[C@@H]1CN(C(=O)CCNC(=O)C23CC4CC(CC(C4)C2)C3)C[C@@H](C)O1. The number of hydrogen-bond acceptors (Lipinski definition) is 3. The smallest absolute Gasteiger partial charge is 0.226 e. The van der Waals surface area contributed by atoms with Crippen molar-refractivity contribution in [3.63, 3.8) is 0 Å². The molecule has 0 radical (unpaired) electrons. The number of nitrogens with one attached hydrogen (secondary N) is 1. The van der Waals surface area contributed by atoms with Crippen molar-refractivity contribution in [1.29, 1.82) is 0 Å². The number of carbonyl (C=O) groups is 2. The molecule has 5 rings (SSSR count). The van der Waals surface area contributed by atoms with Gasteiger partial charge in [0, 0.05) is 31.5 Å². The summed E-state index contributed by atoms with van der Waals surface area (Å²) in [5.74, 6) is 2.68. The summed E-state index contributed by atoms with van der Waals surface area (Å²) in [6.45, 7) is 5.80. The first-order valence-corrected chi connectivity index (χ1v) is 10.1. The first-order valence-electron chi connectivity index (χ1n) is 10.1. The van der Waals surface area contributed by atoms with Crippen molar-refractivity contribution in [1.82, 2.24) is 10.2 Å². The Balaban J connectivity index is 1.27. The largest absolute Gasteiger partial charge is 0.372 e. The number of rotatable bonds is 4. The molecule has 1 N–H and O–H groups in total. The Morgan fingerprint density at radius 1 is 1.00 bits per heavy atom. The van der Waals surface area contributed by atoms with Crippen LogP contribution in [0.15, 0.2) is 0 Å². The number of ether oxygens (including phenoxy) is 1. The van der Waals surface area contributed by atoms with Gasteiger partial charge in [0.05, 0.1) is 12.2 Å². The van der Waals surface area contributed by atoms with E-state index in [-0.39, 0.29) is 29.4 Å². The number of nitrogens with zero attached hydrogens (tertiary/aromatic N) is 1. The summed E-state index contributed by atoms with van der Waals surface area (Å²) in [6.07, 6.45) is 7.86. The van der Waals surface area contributed by atoms with Crippen LogP contribution in [0.3, 0.4) is 0 Å². The van der Waals surface area contributed by atoms with Crippen molar-refractivity contribution in [3.05, 3.63) is 0 Å². The molecule has 2 amide bonds. The van der Waals surface area contributed by atoms with E-state index in [9.17, 15) is 9.59 Å². The van der Waals surface area contributed by atoms with E-state index in [0.29, 0.717) is 26.1 Å². The normalized spacial score (nSPS) is 42.5. The summed E-state index contributed by atoms with van der Waals surface area (Å²) in [7, 11) is 0. The van der Waals surface area contributed by atoms with E-state index in [1.54, 1.807) is 0 Å². The minimum atomic E-state index is -0.111. The van der Waals surface area contributed by atoms with Crippen molar-refractivity contribution in [2.75, 3.05) is 19.6 Å². The van der Waals surface area contributed by atoms with Gasteiger partial charge in [0.1, 0.15) is 0 Å². The quantitative estimate of drug-likeness (QED) is 0.848. The van der Waals surface area contributed by atoms with Gasteiger partial charge in [0.15, 0.2) is 0 Å². The summed E-state index contributed by atoms with van der Waals surface area (Å²) >= 11 is 0. The first kappa shape index (κ1) is 17.3. The van der Waals surface area contributed by atoms with Crippen molar-refractivity contribution >= 4 is 11.8 Å². The topological polar surface area (TPSA) is 58.6 Å². The molecule has 5 aliphatic rings. The van der Waals surface area contributed by atoms with Crippen LogP contribution in [-0.2, 0) is 14.3 Å². The van der Waals surface area contributed by atoms with E-state index in [1.165, 1.54) is 19.3 Å². The molecule has 5 nitrogen and oxygen atoms in total. The van der Waals surface area contributed by atoms with Crippen LogP contribution in [-0.4, -0.2) is 48.6 Å². The zero-order valence-electron chi connectivity index (χ0n) is 15.6. The Labute approximate surface area is 150 Å². The standard InChI is InChI=1S/C20H32N2O3/c1-13-11-22(12-14(2)25-13)18(23)3-4-21-19(24)20-8-15-5-16(9-20)7-17(6-15)10-20/h13-17H,3-12H2,1-2H3,(H,21,24)/t13-,14-,15?,16?,17?,20?/m1/s1. The predicted molar refractivity (Wildman–Crippen MR) is 94.8 cm³/mol. The Morgan fingerprint density at radius 3 is 2.04 bits per heavy atom. The number of amides is 2. The highest BCUT2D eigenvalue weighted by atomic mass is 16.5. The molecule has 1 saturated heterocycles. The molecular formula is C20H32N2O3. The third kappa shape index (κ3) is 3.44. The van der Waals surface area contributed by atoms with Gasteiger partial charge in [-0.25, -0.2) is 0 Å². The second-order valence-electron chi connectivity index (χ2n) is 9.26. The maximum Gasteiger partial charge on any atom is 0.226 e. The lowest BCUT2D eigenvalue weighted by atomic mass is 9.49. The van der Waals surface area contributed by atoms with Gasteiger partial charge in [-0.15, -0.1) is 0 Å². The molecule has 25 heavy (non-hydrogen) atoms. The third-order valence-corrected chi connectivity index (χ3v) is 6.92. The lowest BCUT2D eigenvalue weighted by Crippen LogP contribution is -2.54. The van der Waals surface area contributed by atoms with Crippen LogP contribution < -0.4 is 5.32 Å². The minimum Gasteiger partial charge on any atom is -0.372 e. The van der Waals surface area contributed by atoms with Gasteiger partial charge in [-0.05, 0) is 70.1 Å². The summed E-state index contributed by atoms with van der Waals surface area (Å²) in [5, 5.41) is 3.11. The van der Waals surface area contributed by atoms with Crippen molar-refractivity contribution in [2.45, 2.75) is 71.0 Å². The molecule has 4 saturated carbocycles. The van der Waals surface area contributed by atoms with Crippen LogP contribution in [0.25, 0.3) is 0 Å². The molecule has 1 aliphatic heterocycles. The maximum absolute atomic E-state index is 12.9. The van der Waals surface area contributed by atoms with Crippen LogP contribution in [0.1, 0.15) is 58.8 Å². The minimum absolute atomic E-state index is 0.0920. The lowest BCUT2D eigenvalue weighted by Gasteiger charge is -2.55. The van der Waals surface area contributed by atoms with Crippen LogP contribution in [0.2, 0.25) is 0 Å². The fourth-order valence-corrected chi connectivity index (χ4v) is 6.40. The Bertz CT molecular complexity index is 502. The fraction of sp³-hybridized carbons (Fsp3) is 0.900. The van der Waals surface area contributed by atoms with E-state index in [4.69, 9.17) is 4.74 Å². The van der Waals surface area contributed by atoms with Crippen LogP contribution in [0.4, 0.5) is 0 Å². The van der Waals surface area contributed by atoms with E-state index in [1.807, 2.05) is 18.7 Å². The highest BCUT2D eigenvalue weighted by Crippen LogP contribution is 2.60. The van der Waals surface area contributed by atoms with Crippen molar-refractivity contribution < 1.29 is 14.3 Å². The molecule has 0 aromatic carbocycles. The highest BCUT2D eigenvalue weighted by molar-refractivity contribution is 5.84. The van der Waals surface area contributed by atoms with Crippen LogP contribution >= 0.6 is 0 Å². The average Bonchev–Trinajstić information content (AvgIpc) is 2.52. The average molecular weight is 348 g/mol. The van der Waals surface area contributed by atoms with Gasteiger partial charge in [-0.2, -0.15) is 0 Å². The molecule has 1 heterocycles. The van der Waals surface area contributed by atoms with Crippen LogP contribution in [0.5, 0.6) is 0 Å². The highest BCUT2D eigenvalue weighted by Gasteiger charge is 2.54. The predicted octanol–water partition coefficient (Wildman–Crippen LogP) is 2.34. The maximum atomic E-state index is 12.9. The fourth-order valence-electron chi connectivity index (χ4n) is 6.40. The van der Waals surface area contributed by atoms with E-state index >= 15 is 0 Å². The first-order chi connectivity index (χ1) is 11.9. The molecule has 140 valence electrons. The summed E-state index contributed by atoms with van der Waals surface area (Å²) in [4.78, 5) is 27.2. The Kier molecular flexibility index (Phi) is 4.55. The molecule has 0 unspecified atom stereocenters. The number of carbonyl (C=O) groups excluding carboxylic acids is 2. The summed E-state index contributed by atoms with van der Waals surface area (Å²) < 4.78 is 5.68. The lowest BCUT2D eigenvalue weighted by molar-refractivity contribution is -0.147. The van der Waals surface area contributed by atoms with Gasteiger partial charge in [0.25, 0.3) is 0 Å².